The molecule has 1 saturated carbocycles. The van der Waals surface area contributed by atoms with E-state index in [1.807, 2.05) is 18.3 Å². The largest absolute Gasteiger partial charge is 0.369 e. The minimum atomic E-state index is -0.00811. The number of nitrogens with zero attached hydrogens (tertiary/aromatic N) is 8. The monoisotopic (exact) mass is 594 g/mol. The second-order valence-electron chi connectivity index (χ2n) is 12.3. The van der Waals surface area contributed by atoms with Crippen LogP contribution in [0.5, 0.6) is 0 Å². The van der Waals surface area contributed by atoms with Crippen LogP contribution in [0.4, 0.5) is 28.8 Å². The molecule has 0 spiro atoms. The van der Waals surface area contributed by atoms with Crippen molar-refractivity contribution in [1.82, 2.24) is 29.7 Å². The SMILES string of the molecule is CN(C)C(=O)c1cc2cnc(Nc3ccc(N4CCN(c5cccc(N6CCNCC6)c5)CC4)cn3)nc2n1C1CCCC1. The second kappa shape index (κ2) is 12.3. The van der Waals surface area contributed by atoms with Crippen molar-refractivity contribution >= 4 is 45.8 Å². The van der Waals surface area contributed by atoms with Crippen molar-refractivity contribution in [1.29, 1.82) is 0 Å². The number of anilines is 5. The van der Waals surface area contributed by atoms with E-state index in [0.717, 1.165) is 81.9 Å². The van der Waals surface area contributed by atoms with Gasteiger partial charge in [-0.15, -0.1) is 0 Å². The molecule has 0 bridgehead atoms. The number of carbonyl (C=O) groups is 1. The number of carbonyl (C=O) groups excluding carboxylic acids is 1. The molecule has 3 fully saturated rings. The maximum Gasteiger partial charge on any atom is 0.270 e. The molecule has 1 aromatic carbocycles. The summed E-state index contributed by atoms with van der Waals surface area (Å²) in [6, 6.07) is 15.3. The summed E-state index contributed by atoms with van der Waals surface area (Å²) in [7, 11) is 3.58. The predicted octanol–water partition coefficient (Wildman–Crippen LogP) is 4.12. The van der Waals surface area contributed by atoms with E-state index in [1.54, 1.807) is 25.2 Å². The molecule has 0 atom stereocenters. The van der Waals surface area contributed by atoms with Gasteiger partial charge in [0.2, 0.25) is 5.95 Å². The summed E-state index contributed by atoms with van der Waals surface area (Å²) in [4.78, 5) is 36.1. The molecule has 230 valence electrons. The quantitative estimate of drug-likeness (QED) is 0.328. The summed E-state index contributed by atoms with van der Waals surface area (Å²) < 4.78 is 2.13. The van der Waals surface area contributed by atoms with Gasteiger partial charge < -0.3 is 34.8 Å². The van der Waals surface area contributed by atoms with Crippen molar-refractivity contribution in [2.75, 3.05) is 86.5 Å². The molecule has 1 aliphatic carbocycles. The first-order valence-corrected chi connectivity index (χ1v) is 15.9. The molecule has 11 heteroatoms. The second-order valence-corrected chi connectivity index (χ2v) is 12.3. The molecule has 1 amide bonds. The Hall–Kier alpha value is -4.38. The number of amides is 1. The van der Waals surface area contributed by atoms with Gasteiger partial charge in [-0.1, -0.05) is 18.9 Å². The average molecular weight is 595 g/mol. The smallest absolute Gasteiger partial charge is 0.270 e. The van der Waals surface area contributed by atoms with E-state index >= 15 is 0 Å². The Morgan fingerprint density at radius 3 is 2.18 bits per heavy atom. The van der Waals surface area contributed by atoms with Crippen LogP contribution >= 0.6 is 0 Å². The van der Waals surface area contributed by atoms with Crippen molar-refractivity contribution < 1.29 is 4.79 Å². The third kappa shape index (κ3) is 5.76. The molecule has 3 aromatic heterocycles. The molecule has 0 radical (unpaired) electrons. The molecular weight excluding hydrogens is 552 g/mol. The molecule has 2 N–H and O–H groups in total. The highest BCUT2D eigenvalue weighted by atomic mass is 16.2. The van der Waals surface area contributed by atoms with Gasteiger partial charge in [0, 0.05) is 95.5 Å². The lowest BCUT2D eigenvalue weighted by molar-refractivity contribution is 0.0815. The standard InChI is InChI=1S/C33H42N10O/c1-39(2)32(44)29-20-24-22-36-33(38-31(24)43(29)25-6-3-4-7-25)37-30-11-10-28(23-35-30)42-18-16-41(17-19-42)27-9-5-8-26(21-27)40-14-12-34-13-15-40/h5,8-11,20-23,25,34H,3-4,6-7,12-19H2,1-2H3,(H,35,36,37,38). The minimum absolute atomic E-state index is 0.00811. The zero-order valence-electron chi connectivity index (χ0n) is 25.7. The maximum absolute atomic E-state index is 13.0. The number of pyridine rings is 1. The molecule has 2 aliphatic heterocycles. The van der Waals surface area contributed by atoms with E-state index in [0.29, 0.717) is 17.5 Å². The lowest BCUT2D eigenvalue weighted by atomic mass is 10.2. The molecule has 4 aromatic rings. The van der Waals surface area contributed by atoms with Crippen molar-refractivity contribution in [2.45, 2.75) is 31.7 Å². The summed E-state index contributed by atoms with van der Waals surface area (Å²) in [6.45, 7) is 8.03. The van der Waals surface area contributed by atoms with Crippen LogP contribution in [0.2, 0.25) is 0 Å². The van der Waals surface area contributed by atoms with Gasteiger partial charge in [0.05, 0.1) is 11.9 Å². The number of benzene rings is 1. The number of nitrogens with one attached hydrogen (secondary N) is 2. The van der Waals surface area contributed by atoms with Gasteiger partial charge in [0.25, 0.3) is 5.91 Å². The van der Waals surface area contributed by atoms with Crippen LogP contribution in [0.1, 0.15) is 42.2 Å². The minimum Gasteiger partial charge on any atom is -0.369 e. The van der Waals surface area contributed by atoms with Crippen molar-refractivity contribution in [3.8, 4) is 0 Å². The van der Waals surface area contributed by atoms with Crippen molar-refractivity contribution in [3.63, 3.8) is 0 Å². The summed E-state index contributed by atoms with van der Waals surface area (Å²) in [5.74, 6) is 1.17. The first kappa shape index (κ1) is 28.4. The van der Waals surface area contributed by atoms with E-state index in [4.69, 9.17) is 9.97 Å². The molecule has 44 heavy (non-hydrogen) atoms. The van der Waals surface area contributed by atoms with Gasteiger partial charge in [-0.3, -0.25) is 4.79 Å². The first-order chi connectivity index (χ1) is 21.5. The van der Waals surface area contributed by atoms with Crippen LogP contribution in [-0.4, -0.2) is 96.8 Å². The molecule has 3 aliphatic rings. The van der Waals surface area contributed by atoms with Gasteiger partial charge in [0.1, 0.15) is 17.2 Å². The third-order valence-electron chi connectivity index (χ3n) is 9.20. The number of hydrogen-bond acceptors (Lipinski definition) is 9. The maximum atomic E-state index is 13.0. The topological polar surface area (TPSA) is 97.7 Å². The molecule has 5 heterocycles. The Bertz CT molecular complexity index is 1600. The summed E-state index contributed by atoms with van der Waals surface area (Å²) in [5.41, 5.74) is 5.21. The Labute approximate surface area is 258 Å². The highest BCUT2D eigenvalue weighted by Crippen LogP contribution is 2.35. The molecule has 2 saturated heterocycles. The van der Waals surface area contributed by atoms with E-state index in [2.05, 4.69) is 65.2 Å². The number of rotatable bonds is 7. The predicted molar refractivity (Wildman–Crippen MR) is 177 cm³/mol. The fraction of sp³-hybridized carbons (Fsp3) is 0.455. The van der Waals surface area contributed by atoms with Crippen LogP contribution in [0.15, 0.2) is 54.9 Å². The van der Waals surface area contributed by atoms with Crippen LogP contribution in [0.25, 0.3) is 11.0 Å². The van der Waals surface area contributed by atoms with Crippen molar-refractivity contribution in [3.05, 3.63) is 60.6 Å². The molecule has 7 rings (SSSR count). The fourth-order valence-corrected chi connectivity index (χ4v) is 6.79. The van der Waals surface area contributed by atoms with Crippen LogP contribution < -0.4 is 25.3 Å². The van der Waals surface area contributed by atoms with Gasteiger partial charge >= 0.3 is 0 Å². The van der Waals surface area contributed by atoms with E-state index in [9.17, 15) is 4.79 Å². The number of piperazine rings is 2. The third-order valence-corrected chi connectivity index (χ3v) is 9.20. The van der Waals surface area contributed by atoms with Crippen molar-refractivity contribution in [2.24, 2.45) is 0 Å². The molecule has 0 unspecified atom stereocenters. The highest BCUT2D eigenvalue weighted by molar-refractivity contribution is 5.98. The normalized spacial score (nSPS) is 17.8. The Balaban J connectivity index is 1.02. The van der Waals surface area contributed by atoms with Gasteiger partial charge in [-0.25, -0.2) is 9.97 Å². The molecular formula is C33H42N10O. The Kier molecular flexibility index (Phi) is 7.95. The zero-order valence-corrected chi connectivity index (χ0v) is 25.7. The van der Waals surface area contributed by atoms with Crippen LogP contribution in [0, 0.1) is 0 Å². The number of fused-ring (bicyclic) bond motifs is 1. The summed E-state index contributed by atoms with van der Waals surface area (Å²) in [5, 5.41) is 7.61. The van der Waals surface area contributed by atoms with Gasteiger partial charge in [-0.2, -0.15) is 4.98 Å². The molecule has 11 nitrogen and oxygen atoms in total. The Morgan fingerprint density at radius 1 is 0.841 bits per heavy atom. The van der Waals surface area contributed by atoms with E-state index in [-0.39, 0.29) is 11.9 Å². The lowest BCUT2D eigenvalue weighted by Crippen LogP contribution is -2.46. The van der Waals surface area contributed by atoms with Gasteiger partial charge in [0.15, 0.2) is 0 Å². The summed E-state index contributed by atoms with van der Waals surface area (Å²) in [6.07, 6.45) is 8.19. The van der Waals surface area contributed by atoms with Gasteiger partial charge in [-0.05, 0) is 49.2 Å². The summed E-state index contributed by atoms with van der Waals surface area (Å²) >= 11 is 0. The lowest BCUT2D eigenvalue weighted by Gasteiger charge is -2.38. The number of aromatic nitrogens is 4. The van der Waals surface area contributed by atoms with E-state index in [1.165, 1.54) is 24.2 Å². The first-order valence-electron chi connectivity index (χ1n) is 15.9. The number of hydrogen-bond donors (Lipinski definition) is 2. The van der Waals surface area contributed by atoms with E-state index < -0.39 is 0 Å². The average Bonchev–Trinajstić information content (AvgIpc) is 3.73. The van der Waals surface area contributed by atoms with Crippen LogP contribution in [-0.2, 0) is 0 Å². The highest BCUT2D eigenvalue weighted by Gasteiger charge is 2.27. The Morgan fingerprint density at radius 2 is 1.52 bits per heavy atom. The van der Waals surface area contributed by atoms with Crippen LogP contribution in [0.3, 0.4) is 0 Å². The fourth-order valence-electron chi connectivity index (χ4n) is 6.79. The zero-order chi connectivity index (χ0) is 30.0.